The second-order valence-corrected chi connectivity index (χ2v) is 9.47. The third-order valence-electron chi connectivity index (χ3n) is 7.73. The zero-order valence-corrected chi connectivity index (χ0v) is 15.9. The summed E-state index contributed by atoms with van der Waals surface area (Å²) in [6.45, 7) is 0. The van der Waals surface area contributed by atoms with Gasteiger partial charge in [-0.05, 0) is 86.3 Å². The molecule has 2 atom stereocenters. The van der Waals surface area contributed by atoms with E-state index < -0.39 is 0 Å². The molecule has 0 amide bonds. The maximum Gasteiger partial charge on any atom is 0.142 e. The quantitative estimate of drug-likeness (QED) is 0.712. The van der Waals surface area contributed by atoms with Crippen LogP contribution < -0.4 is 0 Å². The Morgan fingerprint density at radius 3 is 2.31 bits per heavy atom. The number of pyridine rings is 1. The fourth-order valence-electron chi connectivity index (χ4n) is 6.95. The topological polar surface area (TPSA) is 30.0 Å². The minimum absolute atomic E-state index is 0. The van der Waals surface area contributed by atoms with Crippen LogP contribution in [0, 0.1) is 29.1 Å². The van der Waals surface area contributed by atoms with Gasteiger partial charge in [0.15, 0.2) is 0 Å². The Kier molecular flexibility index (Phi) is 3.73. The van der Waals surface area contributed by atoms with Gasteiger partial charge >= 0.3 is 0 Å². The molecule has 7 rings (SSSR count). The smallest absolute Gasteiger partial charge is 0.142 e. The van der Waals surface area contributed by atoms with Crippen molar-refractivity contribution in [2.45, 2.75) is 50.9 Å². The van der Waals surface area contributed by atoms with Gasteiger partial charge in [-0.15, -0.1) is 12.4 Å². The number of carbonyl (C=O) groups is 1. The number of rotatable bonds is 3. The number of fused-ring (bicyclic) bond motifs is 1. The van der Waals surface area contributed by atoms with Crippen LogP contribution in [0.2, 0.25) is 0 Å². The van der Waals surface area contributed by atoms with Crippen molar-refractivity contribution < 1.29 is 4.79 Å². The van der Waals surface area contributed by atoms with Crippen molar-refractivity contribution in [3.63, 3.8) is 0 Å². The molecule has 2 unspecified atom stereocenters. The number of benzene rings is 1. The molecule has 2 nitrogen and oxygen atoms in total. The summed E-state index contributed by atoms with van der Waals surface area (Å²) in [6.07, 6.45) is 10.9. The van der Waals surface area contributed by atoms with Gasteiger partial charge in [0.05, 0.1) is 5.52 Å². The Morgan fingerprint density at radius 1 is 0.962 bits per heavy atom. The third-order valence-corrected chi connectivity index (χ3v) is 7.73. The zero-order valence-electron chi connectivity index (χ0n) is 15.1. The van der Waals surface area contributed by atoms with Gasteiger partial charge in [-0.3, -0.25) is 9.78 Å². The Hall–Kier alpha value is -1.41. The molecule has 5 saturated carbocycles. The van der Waals surface area contributed by atoms with Crippen molar-refractivity contribution in [2.75, 3.05) is 0 Å². The van der Waals surface area contributed by atoms with Gasteiger partial charge in [-0.2, -0.15) is 0 Å². The number of ketones is 1. The van der Waals surface area contributed by atoms with Crippen LogP contribution in [0.4, 0.5) is 0 Å². The molecular weight excluding hydrogens is 342 g/mol. The van der Waals surface area contributed by atoms with Gasteiger partial charge in [0.25, 0.3) is 0 Å². The molecular formula is C23H26ClNO. The van der Waals surface area contributed by atoms with E-state index >= 15 is 0 Å². The summed E-state index contributed by atoms with van der Waals surface area (Å²) < 4.78 is 0. The van der Waals surface area contributed by atoms with Crippen LogP contribution in [0.3, 0.4) is 0 Å². The van der Waals surface area contributed by atoms with E-state index in [9.17, 15) is 4.79 Å². The molecule has 26 heavy (non-hydrogen) atoms. The Morgan fingerprint density at radius 2 is 1.62 bits per heavy atom. The number of nitrogens with zero attached hydrogens (tertiary/aromatic N) is 1. The molecule has 0 saturated heterocycles. The lowest BCUT2D eigenvalue weighted by Crippen LogP contribution is -2.50. The first kappa shape index (κ1) is 16.7. The summed E-state index contributed by atoms with van der Waals surface area (Å²) in [4.78, 5) is 18.1. The van der Waals surface area contributed by atoms with Crippen molar-refractivity contribution in [1.82, 2.24) is 4.98 Å². The average Bonchev–Trinajstić information content (AvgIpc) is 3.40. The maximum atomic E-state index is 13.5. The molecule has 0 aliphatic heterocycles. The minimum Gasteiger partial charge on any atom is -0.299 e. The maximum absolute atomic E-state index is 13.5. The van der Waals surface area contributed by atoms with Crippen LogP contribution in [0.15, 0.2) is 36.5 Å². The Balaban J connectivity index is 0.00000150. The highest BCUT2D eigenvalue weighted by molar-refractivity contribution is 5.91. The summed E-state index contributed by atoms with van der Waals surface area (Å²) >= 11 is 0. The molecule has 4 bridgehead atoms. The molecule has 136 valence electrons. The predicted octanol–water partition coefficient (Wildman–Crippen LogP) is 5.55. The lowest BCUT2D eigenvalue weighted by Gasteiger charge is -2.56. The molecule has 5 aliphatic carbocycles. The van der Waals surface area contributed by atoms with Gasteiger partial charge in [-0.25, -0.2) is 0 Å². The van der Waals surface area contributed by atoms with Crippen LogP contribution >= 0.6 is 12.4 Å². The van der Waals surface area contributed by atoms with E-state index in [1.54, 1.807) is 0 Å². The summed E-state index contributed by atoms with van der Waals surface area (Å²) in [6, 6.07) is 10.6. The van der Waals surface area contributed by atoms with Crippen LogP contribution in [0.5, 0.6) is 0 Å². The zero-order chi connectivity index (χ0) is 16.6. The monoisotopic (exact) mass is 367 g/mol. The third kappa shape index (κ3) is 2.45. The summed E-state index contributed by atoms with van der Waals surface area (Å²) in [5.74, 6) is 3.90. The number of hydrogen-bond acceptors (Lipinski definition) is 2. The predicted molar refractivity (Wildman–Crippen MR) is 105 cm³/mol. The molecule has 3 heteroatoms. The largest absolute Gasteiger partial charge is 0.299 e. The number of aromatic nitrogens is 1. The van der Waals surface area contributed by atoms with Crippen molar-refractivity contribution in [2.24, 2.45) is 29.1 Å². The average molecular weight is 368 g/mol. The molecule has 0 spiro atoms. The van der Waals surface area contributed by atoms with E-state index in [1.165, 1.54) is 49.5 Å². The highest BCUT2D eigenvalue weighted by atomic mass is 35.5. The van der Waals surface area contributed by atoms with Crippen molar-refractivity contribution in [3.05, 3.63) is 42.1 Å². The molecule has 2 aromatic rings. The lowest BCUT2D eigenvalue weighted by atomic mass is 9.48. The number of carbonyl (C=O) groups excluding carboxylic acids is 1. The van der Waals surface area contributed by atoms with Gasteiger partial charge in [0.1, 0.15) is 5.78 Å². The van der Waals surface area contributed by atoms with E-state index in [0.717, 1.165) is 29.7 Å². The lowest BCUT2D eigenvalue weighted by molar-refractivity contribution is -0.145. The molecule has 0 radical (unpaired) electrons. The first-order valence-electron chi connectivity index (χ1n) is 10.1. The van der Waals surface area contributed by atoms with Gasteiger partial charge in [0, 0.05) is 22.9 Å². The first-order chi connectivity index (χ1) is 12.2. The minimum atomic E-state index is 0. The highest BCUT2D eigenvalue weighted by Crippen LogP contribution is 2.63. The Bertz CT molecular complexity index is 840. The fourth-order valence-corrected chi connectivity index (χ4v) is 6.95. The van der Waals surface area contributed by atoms with Crippen LogP contribution in [0.1, 0.15) is 56.4 Å². The number of para-hydroxylation sites is 1. The standard InChI is InChI=1S/C23H25NO.ClH/c25-22(23-10-14-5-15(11-23)7-16(6-14)12-23)20-9-19(20)18-8-17-3-1-2-4-21(17)24-13-18;/h1-4,8,13-16,19-20H,5-7,9-12H2;1H. The molecule has 1 aromatic carbocycles. The van der Waals surface area contributed by atoms with Gasteiger partial charge in [-0.1, -0.05) is 18.2 Å². The fraction of sp³-hybridized carbons (Fsp3) is 0.565. The Labute approximate surface area is 161 Å². The number of hydrogen-bond donors (Lipinski definition) is 0. The molecule has 5 fully saturated rings. The van der Waals surface area contributed by atoms with Crippen LogP contribution in [-0.2, 0) is 4.79 Å². The van der Waals surface area contributed by atoms with Crippen LogP contribution in [-0.4, -0.2) is 10.8 Å². The van der Waals surface area contributed by atoms with E-state index in [0.29, 0.717) is 11.7 Å². The second kappa shape index (κ2) is 5.79. The van der Waals surface area contributed by atoms with Crippen molar-refractivity contribution in [1.29, 1.82) is 0 Å². The summed E-state index contributed by atoms with van der Waals surface area (Å²) in [7, 11) is 0. The molecule has 1 heterocycles. The van der Waals surface area contributed by atoms with E-state index in [4.69, 9.17) is 0 Å². The van der Waals surface area contributed by atoms with E-state index in [2.05, 4.69) is 29.2 Å². The van der Waals surface area contributed by atoms with Gasteiger partial charge in [0.2, 0.25) is 0 Å². The van der Waals surface area contributed by atoms with E-state index in [-0.39, 0.29) is 23.7 Å². The highest BCUT2D eigenvalue weighted by Gasteiger charge is 2.59. The SMILES string of the molecule is Cl.O=C(C1CC1c1cnc2ccccc2c1)C12CC3CC(CC(C3)C1)C2. The number of Topliss-reactive ketones (excluding diaryl/α,β-unsaturated/α-hetero) is 1. The second-order valence-electron chi connectivity index (χ2n) is 9.47. The van der Waals surface area contributed by atoms with Crippen LogP contribution in [0.25, 0.3) is 10.9 Å². The normalized spacial score (nSPS) is 39.6. The molecule has 0 N–H and O–H groups in total. The molecule has 5 aliphatic rings. The first-order valence-corrected chi connectivity index (χ1v) is 10.1. The number of halogens is 1. The summed E-state index contributed by atoms with van der Waals surface area (Å²) in [5.41, 5.74) is 2.40. The van der Waals surface area contributed by atoms with Crippen molar-refractivity contribution >= 4 is 29.1 Å². The van der Waals surface area contributed by atoms with Crippen molar-refractivity contribution in [3.8, 4) is 0 Å². The van der Waals surface area contributed by atoms with Gasteiger partial charge < -0.3 is 0 Å². The van der Waals surface area contributed by atoms with E-state index in [1.807, 2.05) is 12.3 Å². The molecule has 1 aromatic heterocycles. The summed E-state index contributed by atoms with van der Waals surface area (Å²) in [5, 5.41) is 1.20.